The molecule has 0 bridgehead atoms. The van der Waals surface area contributed by atoms with Crippen molar-refractivity contribution in [2.24, 2.45) is 0 Å². The van der Waals surface area contributed by atoms with Crippen molar-refractivity contribution in [3.8, 4) is 0 Å². The zero-order valence-electron chi connectivity index (χ0n) is 7.46. The van der Waals surface area contributed by atoms with Gasteiger partial charge in [0.05, 0.1) is 0 Å². The molecule has 0 aliphatic carbocycles. The molecule has 1 amide bonds. The first kappa shape index (κ1) is 13.9. The molecule has 0 aromatic heterocycles. The number of carboxylic acid groups (broad SMARTS) is 1. The Morgan fingerprint density at radius 3 is 2.20 bits per heavy atom. The average molecular weight is 237 g/mol. The number of carbonyl (C=O) groups is 1. The van der Waals surface area contributed by atoms with Crippen molar-refractivity contribution in [3.05, 3.63) is 0 Å². The average Bonchev–Trinajstić information content (AvgIpc) is 2.12. The minimum absolute atomic E-state index is 0.563. The largest absolute Gasteiger partial charge is 0.465 e. The summed E-state index contributed by atoms with van der Waals surface area (Å²) in [5.74, 6) is -5.07. The van der Waals surface area contributed by atoms with Crippen LogP contribution in [-0.2, 0) is 4.74 Å². The van der Waals surface area contributed by atoms with Crippen LogP contribution < -0.4 is 0 Å². The van der Waals surface area contributed by atoms with Crippen molar-refractivity contribution < 1.29 is 36.6 Å². The van der Waals surface area contributed by atoms with E-state index in [9.17, 15) is 26.7 Å². The Kier molecular flexibility index (Phi) is 4.72. The van der Waals surface area contributed by atoms with Crippen LogP contribution in [0.3, 0.4) is 0 Å². The van der Waals surface area contributed by atoms with Gasteiger partial charge in [-0.1, -0.05) is 0 Å². The van der Waals surface area contributed by atoms with Crippen LogP contribution in [0.5, 0.6) is 0 Å². The highest BCUT2D eigenvalue weighted by atomic mass is 19.3. The molecule has 9 heteroatoms. The lowest BCUT2D eigenvalue weighted by Crippen LogP contribution is -2.51. The maximum atomic E-state index is 12.8. The van der Waals surface area contributed by atoms with Crippen molar-refractivity contribution >= 4 is 6.09 Å². The van der Waals surface area contributed by atoms with E-state index in [4.69, 9.17) is 5.11 Å². The number of hydrogen-bond donors (Lipinski definition) is 1. The third-order valence-corrected chi connectivity index (χ3v) is 1.40. The van der Waals surface area contributed by atoms with Gasteiger partial charge < -0.3 is 9.84 Å². The van der Waals surface area contributed by atoms with E-state index in [-0.39, 0.29) is 0 Å². The molecule has 90 valence electrons. The van der Waals surface area contributed by atoms with E-state index in [1.54, 1.807) is 0 Å². The topological polar surface area (TPSA) is 49.8 Å². The summed E-state index contributed by atoms with van der Waals surface area (Å²) in [6.07, 6.45) is -10.1. The van der Waals surface area contributed by atoms with Crippen molar-refractivity contribution in [3.63, 3.8) is 0 Å². The maximum absolute atomic E-state index is 12.8. The molecular weight excluding hydrogens is 229 g/mol. The predicted molar refractivity (Wildman–Crippen MR) is 37.6 cm³/mol. The maximum Gasteiger partial charge on any atom is 0.411 e. The fraction of sp³-hybridized carbons (Fsp3) is 0.833. The fourth-order valence-electron chi connectivity index (χ4n) is 0.668. The van der Waals surface area contributed by atoms with Gasteiger partial charge in [0.1, 0.15) is 6.73 Å². The summed E-state index contributed by atoms with van der Waals surface area (Å²) in [6, 6.07) is 0. The second-order valence-corrected chi connectivity index (χ2v) is 2.48. The highest BCUT2D eigenvalue weighted by Crippen LogP contribution is 2.31. The monoisotopic (exact) mass is 237 g/mol. The molecule has 1 N–H and O–H groups in total. The molecule has 0 aromatic carbocycles. The first-order valence-corrected chi connectivity index (χ1v) is 3.53. The Morgan fingerprint density at radius 1 is 1.47 bits per heavy atom. The molecule has 1 unspecified atom stereocenters. The van der Waals surface area contributed by atoms with Crippen molar-refractivity contribution in [2.75, 3.05) is 13.8 Å². The minimum atomic E-state index is -5.07. The van der Waals surface area contributed by atoms with E-state index in [0.29, 0.717) is 0 Å². The van der Waals surface area contributed by atoms with Gasteiger partial charge in [0.25, 0.3) is 0 Å². The van der Waals surface area contributed by atoms with Crippen LogP contribution in [0.15, 0.2) is 0 Å². The molecule has 0 fully saturated rings. The van der Waals surface area contributed by atoms with E-state index in [1.807, 2.05) is 0 Å². The number of methoxy groups -OCH3 is 1. The van der Waals surface area contributed by atoms with Crippen molar-refractivity contribution in [1.82, 2.24) is 4.90 Å². The fourth-order valence-corrected chi connectivity index (χ4v) is 0.668. The number of rotatable bonds is 5. The number of alkyl halides is 5. The number of halogens is 5. The molecule has 0 saturated carbocycles. The van der Waals surface area contributed by atoms with Crippen LogP contribution >= 0.6 is 0 Å². The number of hydrogen-bond acceptors (Lipinski definition) is 2. The Balaban J connectivity index is 4.76. The minimum Gasteiger partial charge on any atom is -0.465 e. The van der Waals surface area contributed by atoms with Crippen LogP contribution in [-0.4, -0.2) is 48.6 Å². The summed E-state index contributed by atoms with van der Waals surface area (Å²) in [5.41, 5.74) is 0. The summed E-state index contributed by atoms with van der Waals surface area (Å²) < 4.78 is 65.0. The van der Waals surface area contributed by atoms with Gasteiger partial charge in [0.2, 0.25) is 6.30 Å². The Hall–Kier alpha value is -1.12. The SMILES string of the molecule is COCN(C(=O)O)C(F)C(F)(F)C(F)F. The zero-order chi connectivity index (χ0) is 12.2. The number of ether oxygens (including phenoxy) is 1. The Bertz CT molecular complexity index is 225. The summed E-state index contributed by atoms with van der Waals surface area (Å²) >= 11 is 0. The highest BCUT2D eigenvalue weighted by molar-refractivity contribution is 5.65. The van der Waals surface area contributed by atoms with Gasteiger partial charge in [-0.2, -0.15) is 8.78 Å². The summed E-state index contributed by atoms with van der Waals surface area (Å²) in [5, 5.41) is 8.25. The van der Waals surface area contributed by atoms with Gasteiger partial charge in [-0.3, -0.25) is 0 Å². The predicted octanol–water partition coefficient (Wildman–Crippen LogP) is 1.77. The van der Waals surface area contributed by atoms with E-state index in [2.05, 4.69) is 4.74 Å². The molecule has 1 atom stereocenters. The molecular formula is C6H8F5NO3. The molecule has 0 spiro atoms. The van der Waals surface area contributed by atoms with Crippen molar-refractivity contribution in [2.45, 2.75) is 18.6 Å². The van der Waals surface area contributed by atoms with Crippen LogP contribution in [0.4, 0.5) is 26.7 Å². The van der Waals surface area contributed by atoms with Gasteiger partial charge in [-0.05, 0) is 0 Å². The lowest BCUT2D eigenvalue weighted by Gasteiger charge is -2.27. The molecule has 0 aliphatic heterocycles. The highest BCUT2D eigenvalue weighted by Gasteiger charge is 2.53. The van der Waals surface area contributed by atoms with Gasteiger partial charge in [0.15, 0.2) is 0 Å². The smallest absolute Gasteiger partial charge is 0.411 e. The third kappa shape index (κ3) is 3.18. The molecule has 0 aliphatic rings. The molecule has 0 saturated heterocycles. The van der Waals surface area contributed by atoms with Gasteiger partial charge >= 0.3 is 18.4 Å². The normalized spacial score (nSPS) is 14.1. The second kappa shape index (κ2) is 5.10. The van der Waals surface area contributed by atoms with Crippen LogP contribution in [0, 0.1) is 0 Å². The van der Waals surface area contributed by atoms with E-state index in [1.165, 1.54) is 0 Å². The standard InChI is InChI=1S/C6H8F5NO3/c1-15-2-12(5(13)14)4(9)6(10,11)3(7)8/h3-4H,2H2,1H3,(H,13,14). The molecule has 0 heterocycles. The lowest BCUT2D eigenvalue weighted by atomic mass is 10.3. The van der Waals surface area contributed by atoms with E-state index >= 15 is 0 Å². The lowest BCUT2D eigenvalue weighted by molar-refractivity contribution is -0.210. The number of amides is 1. The summed E-state index contributed by atoms with van der Waals surface area (Å²) in [7, 11) is 0.906. The molecule has 4 nitrogen and oxygen atoms in total. The van der Waals surface area contributed by atoms with Gasteiger partial charge in [0, 0.05) is 7.11 Å². The summed E-state index contributed by atoms with van der Waals surface area (Å²) in [4.78, 5) is 9.66. The van der Waals surface area contributed by atoms with Gasteiger partial charge in [-0.25, -0.2) is 22.9 Å². The second-order valence-electron chi connectivity index (χ2n) is 2.48. The Morgan fingerprint density at radius 2 is 1.93 bits per heavy atom. The van der Waals surface area contributed by atoms with E-state index < -0.39 is 36.4 Å². The first-order chi connectivity index (χ1) is 6.75. The summed E-state index contributed by atoms with van der Waals surface area (Å²) in [6.45, 7) is -1.07. The molecule has 0 aromatic rings. The number of nitrogens with zero attached hydrogens (tertiary/aromatic N) is 1. The quantitative estimate of drug-likeness (QED) is 0.450. The van der Waals surface area contributed by atoms with E-state index in [0.717, 1.165) is 7.11 Å². The van der Waals surface area contributed by atoms with Crippen LogP contribution in [0.25, 0.3) is 0 Å². The molecule has 0 rings (SSSR count). The third-order valence-electron chi connectivity index (χ3n) is 1.40. The zero-order valence-corrected chi connectivity index (χ0v) is 7.46. The molecule has 15 heavy (non-hydrogen) atoms. The van der Waals surface area contributed by atoms with Crippen LogP contribution in [0.2, 0.25) is 0 Å². The van der Waals surface area contributed by atoms with Gasteiger partial charge in [-0.15, -0.1) is 0 Å². The molecule has 0 radical (unpaired) electrons. The Labute approximate surface area is 81.2 Å². The first-order valence-electron chi connectivity index (χ1n) is 3.53. The van der Waals surface area contributed by atoms with Crippen molar-refractivity contribution in [1.29, 1.82) is 0 Å². The van der Waals surface area contributed by atoms with Crippen LogP contribution in [0.1, 0.15) is 0 Å².